The van der Waals surface area contributed by atoms with Crippen LogP contribution in [0.5, 0.6) is 0 Å². The third-order valence-corrected chi connectivity index (χ3v) is 1.66. The minimum Gasteiger partial charge on any atom is -0.481 e. The van der Waals surface area contributed by atoms with Crippen molar-refractivity contribution in [3.8, 4) is 0 Å². The first-order valence-electron chi connectivity index (χ1n) is 4.38. The van der Waals surface area contributed by atoms with Gasteiger partial charge in [-0.05, 0) is 6.42 Å². The van der Waals surface area contributed by atoms with Crippen LogP contribution in [0.15, 0.2) is 0 Å². The lowest BCUT2D eigenvalue weighted by Gasteiger charge is -2.13. The smallest absolute Gasteiger partial charge is 0.303 e. The van der Waals surface area contributed by atoms with Gasteiger partial charge in [-0.25, -0.2) is 0 Å². The summed E-state index contributed by atoms with van der Waals surface area (Å²) in [5.74, 6) is -2.40. The summed E-state index contributed by atoms with van der Waals surface area (Å²) in [7, 11) is 0. The number of primary amides is 1. The van der Waals surface area contributed by atoms with E-state index in [1.165, 1.54) is 0 Å². The number of nitrogens with two attached hydrogens (primary N) is 1. The molecule has 0 radical (unpaired) electrons. The van der Waals surface area contributed by atoms with E-state index in [0.717, 1.165) is 0 Å². The van der Waals surface area contributed by atoms with Crippen molar-refractivity contribution in [2.45, 2.75) is 25.3 Å². The van der Waals surface area contributed by atoms with Crippen molar-refractivity contribution in [1.29, 1.82) is 0 Å². The van der Waals surface area contributed by atoms with E-state index in [1.807, 2.05) is 0 Å². The number of carboxylic acid groups (broad SMARTS) is 1. The fraction of sp³-hybridized carbons (Fsp3) is 0.625. The molecule has 0 bridgehead atoms. The fourth-order valence-electron chi connectivity index (χ4n) is 0.921. The molecule has 0 aromatic rings. The monoisotopic (exact) mass is 218 g/mol. The van der Waals surface area contributed by atoms with E-state index in [1.54, 1.807) is 0 Å². The molecule has 5 N–H and O–H groups in total. The number of amides is 2. The van der Waals surface area contributed by atoms with Crippen LogP contribution in [0.4, 0.5) is 0 Å². The van der Waals surface area contributed by atoms with E-state index < -0.39 is 23.8 Å². The topological polar surface area (TPSA) is 130 Å². The summed E-state index contributed by atoms with van der Waals surface area (Å²) in [6.45, 7) is -0.337. The second-order valence-electron chi connectivity index (χ2n) is 2.93. The molecule has 0 fully saturated rings. The van der Waals surface area contributed by atoms with Gasteiger partial charge in [0.1, 0.15) is 6.04 Å². The Morgan fingerprint density at radius 1 is 1.27 bits per heavy atom. The average Bonchev–Trinajstić information content (AvgIpc) is 2.11. The van der Waals surface area contributed by atoms with Crippen LogP contribution in [0.2, 0.25) is 0 Å². The number of nitrogens with one attached hydrogen (secondary N) is 1. The first-order chi connectivity index (χ1) is 6.97. The normalized spacial score (nSPS) is 11.8. The highest BCUT2D eigenvalue weighted by Gasteiger charge is 2.18. The van der Waals surface area contributed by atoms with Crippen LogP contribution in [0.25, 0.3) is 0 Å². The minimum absolute atomic E-state index is 0.0537. The van der Waals surface area contributed by atoms with Crippen molar-refractivity contribution in [2.75, 3.05) is 6.61 Å². The number of carbonyl (C=O) groups is 3. The number of hydrogen-bond acceptors (Lipinski definition) is 4. The molecule has 0 saturated carbocycles. The van der Waals surface area contributed by atoms with Gasteiger partial charge in [0.2, 0.25) is 11.8 Å². The summed E-state index contributed by atoms with van der Waals surface area (Å²) < 4.78 is 0. The first kappa shape index (κ1) is 13.4. The molecule has 86 valence electrons. The molecular formula is C8H14N2O5. The average molecular weight is 218 g/mol. The van der Waals surface area contributed by atoms with E-state index in [0.29, 0.717) is 0 Å². The van der Waals surface area contributed by atoms with E-state index in [9.17, 15) is 14.4 Å². The predicted octanol–water partition coefficient (Wildman–Crippen LogP) is -1.80. The molecule has 0 aliphatic rings. The number of aliphatic carboxylic acids is 1. The molecule has 0 aromatic heterocycles. The molecular weight excluding hydrogens is 204 g/mol. The maximum Gasteiger partial charge on any atom is 0.303 e. The second-order valence-corrected chi connectivity index (χ2v) is 2.93. The lowest BCUT2D eigenvalue weighted by Crippen LogP contribution is -2.44. The summed E-state index contributed by atoms with van der Waals surface area (Å²) in [4.78, 5) is 32.0. The van der Waals surface area contributed by atoms with Crippen molar-refractivity contribution in [3.05, 3.63) is 0 Å². The highest BCUT2D eigenvalue weighted by Crippen LogP contribution is 1.97. The number of hydrogen-bond donors (Lipinski definition) is 4. The quantitative estimate of drug-likeness (QED) is 0.400. The molecule has 0 heterocycles. The largest absolute Gasteiger partial charge is 0.481 e. The zero-order valence-corrected chi connectivity index (χ0v) is 8.10. The van der Waals surface area contributed by atoms with Gasteiger partial charge in [-0.1, -0.05) is 0 Å². The van der Waals surface area contributed by atoms with Crippen molar-refractivity contribution in [2.24, 2.45) is 5.73 Å². The van der Waals surface area contributed by atoms with Crippen molar-refractivity contribution < 1.29 is 24.6 Å². The van der Waals surface area contributed by atoms with Crippen molar-refractivity contribution in [3.63, 3.8) is 0 Å². The summed E-state index contributed by atoms with van der Waals surface area (Å²) in [5.41, 5.74) is 4.96. The van der Waals surface area contributed by atoms with Crippen molar-refractivity contribution >= 4 is 17.8 Å². The molecule has 0 aliphatic heterocycles. The number of rotatable bonds is 7. The van der Waals surface area contributed by atoms with Gasteiger partial charge in [0.05, 0.1) is 6.61 Å². The summed E-state index contributed by atoms with van der Waals surface area (Å²) in [6.07, 6.45) is -0.453. The maximum absolute atomic E-state index is 11.0. The van der Waals surface area contributed by atoms with Gasteiger partial charge in [0.25, 0.3) is 0 Å². The second kappa shape index (κ2) is 6.77. The molecule has 15 heavy (non-hydrogen) atoms. The Bertz CT molecular complexity index is 253. The van der Waals surface area contributed by atoms with Crippen LogP contribution in [0, 0.1) is 0 Å². The highest BCUT2D eigenvalue weighted by atomic mass is 16.4. The molecule has 2 amide bonds. The highest BCUT2D eigenvalue weighted by molar-refractivity contribution is 5.86. The minimum atomic E-state index is -1.07. The van der Waals surface area contributed by atoms with E-state index in [2.05, 4.69) is 5.32 Å². The fourth-order valence-corrected chi connectivity index (χ4v) is 0.921. The SMILES string of the molecule is NC(=O)[C@H](CCC(=O)O)NC(=O)CCO. The van der Waals surface area contributed by atoms with Gasteiger partial charge in [0.15, 0.2) is 0 Å². The summed E-state index contributed by atoms with van der Waals surface area (Å²) in [6, 6.07) is -1.000. The van der Waals surface area contributed by atoms with Crippen LogP contribution in [-0.4, -0.2) is 40.6 Å². The van der Waals surface area contributed by atoms with E-state index >= 15 is 0 Å². The van der Waals surface area contributed by atoms with Crippen LogP contribution in [0.3, 0.4) is 0 Å². The van der Waals surface area contributed by atoms with E-state index in [4.69, 9.17) is 15.9 Å². The molecule has 0 aromatic carbocycles. The standard InChI is InChI=1S/C8H14N2O5/c9-8(15)5(1-2-7(13)14)10-6(12)3-4-11/h5,11H,1-4H2,(H2,9,15)(H,10,12)(H,13,14)/t5-/m0/s1. The Hall–Kier alpha value is -1.63. The van der Waals surface area contributed by atoms with Gasteiger partial charge in [-0.2, -0.15) is 0 Å². The van der Waals surface area contributed by atoms with Crippen LogP contribution in [0.1, 0.15) is 19.3 Å². The molecule has 7 nitrogen and oxygen atoms in total. The Kier molecular flexibility index (Phi) is 6.03. The number of carbonyl (C=O) groups excluding carboxylic acids is 2. The lowest BCUT2D eigenvalue weighted by molar-refractivity contribution is -0.137. The van der Waals surface area contributed by atoms with Gasteiger partial charge >= 0.3 is 5.97 Å². The maximum atomic E-state index is 11.0. The molecule has 7 heteroatoms. The van der Waals surface area contributed by atoms with Gasteiger partial charge in [-0.3, -0.25) is 14.4 Å². The molecule has 0 unspecified atom stereocenters. The van der Waals surface area contributed by atoms with Crippen molar-refractivity contribution in [1.82, 2.24) is 5.32 Å². The van der Waals surface area contributed by atoms with E-state index in [-0.39, 0.29) is 25.9 Å². The predicted molar refractivity (Wildman–Crippen MR) is 49.7 cm³/mol. The van der Waals surface area contributed by atoms with Crippen LogP contribution < -0.4 is 11.1 Å². The van der Waals surface area contributed by atoms with Crippen LogP contribution >= 0.6 is 0 Å². The molecule has 1 atom stereocenters. The van der Waals surface area contributed by atoms with Gasteiger partial charge in [0, 0.05) is 12.8 Å². The summed E-state index contributed by atoms with van der Waals surface area (Å²) in [5, 5.41) is 19.0. The molecule has 0 spiro atoms. The molecule has 0 aliphatic carbocycles. The Labute approximate surface area is 86.3 Å². The number of aliphatic hydroxyl groups is 1. The Morgan fingerprint density at radius 2 is 1.87 bits per heavy atom. The third-order valence-electron chi connectivity index (χ3n) is 1.66. The molecule has 0 rings (SSSR count). The number of aliphatic hydroxyl groups excluding tert-OH is 1. The third kappa shape index (κ3) is 6.44. The Morgan fingerprint density at radius 3 is 2.27 bits per heavy atom. The van der Waals surface area contributed by atoms with Crippen LogP contribution in [-0.2, 0) is 14.4 Å². The first-order valence-corrected chi connectivity index (χ1v) is 4.38. The van der Waals surface area contributed by atoms with Gasteiger partial charge in [-0.15, -0.1) is 0 Å². The number of carboxylic acids is 1. The molecule has 0 saturated heterocycles. The summed E-state index contributed by atoms with van der Waals surface area (Å²) >= 11 is 0. The van der Waals surface area contributed by atoms with Gasteiger partial charge < -0.3 is 21.3 Å². The zero-order valence-electron chi connectivity index (χ0n) is 8.10. The Balaban J connectivity index is 4.10. The zero-order chi connectivity index (χ0) is 11.8. The lowest BCUT2D eigenvalue weighted by atomic mass is 10.1.